The topological polar surface area (TPSA) is 119 Å². The van der Waals surface area contributed by atoms with E-state index in [0.717, 1.165) is 5.56 Å². The number of carbonyl (C=O) groups is 2. The number of fused-ring (bicyclic) bond motifs is 1. The SMILES string of the molecule is Cc1ccc(NC(=O)CC2CNC(=O)c3cnc(-c4ccc([N+](=O)[O-])cc4)n32)cc1. The first-order valence-electron chi connectivity index (χ1n) is 9.39. The van der Waals surface area contributed by atoms with Crippen LogP contribution in [0.25, 0.3) is 11.4 Å². The molecule has 2 aromatic carbocycles. The Bertz CT molecular complexity index is 1120. The van der Waals surface area contributed by atoms with Gasteiger partial charge in [0.1, 0.15) is 11.5 Å². The Morgan fingerprint density at radius 3 is 2.60 bits per heavy atom. The minimum atomic E-state index is -0.476. The fourth-order valence-corrected chi connectivity index (χ4v) is 3.46. The van der Waals surface area contributed by atoms with Gasteiger partial charge in [-0.15, -0.1) is 0 Å². The number of anilines is 1. The molecule has 9 nitrogen and oxygen atoms in total. The molecule has 0 saturated heterocycles. The molecule has 0 aliphatic carbocycles. The summed E-state index contributed by atoms with van der Waals surface area (Å²) in [5.74, 6) is 0.0306. The van der Waals surface area contributed by atoms with E-state index in [1.54, 1.807) is 16.7 Å². The number of carbonyl (C=O) groups excluding carboxylic acids is 2. The van der Waals surface area contributed by atoms with E-state index in [4.69, 9.17) is 0 Å². The number of imidazole rings is 1. The molecule has 2 N–H and O–H groups in total. The molecule has 0 saturated carbocycles. The van der Waals surface area contributed by atoms with Gasteiger partial charge in [0.05, 0.1) is 17.2 Å². The molecule has 3 aromatic rings. The van der Waals surface area contributed by atoms with Crippen LogP contribution in [0, 0.1) is 17.0 Å². The molecule has 0 radical (unpaired) electrons. The minimum Gasteiger partial charge on any atom is -0.349 e. The number of amides is 2. The molecule has 1 unspecified atom stereocenters. The van der Waals surface area contributed by atoms with Crippen LogP contribution in [-0.4, -0.2) is 32.8 Å². The maximum absolute atomic E-state index is 12.6. The van der Waals surface area contributed by atoms with E-state index < -0.39 is 4.92 Å². The number of nitrogens with one attached hydrogen (secondary N) is 2. The monoisotopic (exact) mass is 405 g/mol. The van der Waals surface area contributed by atoms with Crippen LogP contribution in [0.15, 0.2) is 54.7 Å². The average molecular weight is 405 g/mol. The Labute approximate surface area is 171 Å². The van der Waals surface area contributed by atoms with Gasteiger partial charge in [-0.2, -0.15) is 0 Å². The van der Waals surface area contributed by atoms with Crippen LogP contribution in [0.1, 0.15) is 28.5 Å². The lowest BCUT2D eigenvalue weighted by atomic mass is 10.1. The summed E-state index contributed by atoms with van der Waals surface area (Å²) in [5, 5.41) is 16.6. The first kappa shape index (κ1) is 19.3. The summed E-state index contributed by atoms with van der Waals surface area (Å²) in [6.45, 7) is 2.25. The summed E-state index contributed by atoms with van der Waals surface area (Å²) in [7, 11) is 0. The lowest BCUT2D eigenvalue weighted by Gasteiger charge is -2.27. The third-order valence-electron chi connectivity index (χ3n) is 4.99. The summed E-state index contributed by atoms with van der Waals surface area (Å²) in [4.78, 5) is 39.7. The number of nitro benzene ring substituents is 1. The van der Waals surface area contributed by atoms with Crippen molar-refractivity contribution in [3.05, 3.63) is 76.1 Å². The molecule has 2 heterocycles. The number of hydrogen-bond acceptors (Lipinski definition) is 5. The number of aryl methyl sites for hydroxylation is 1. The van der Waals surface area contributed by atoms with Gasteiger partial charge in [0.15, 0.2) is 0 Å². The quantitative estimate of drug-likeness (QED) is 0.499. The molecule has 1 aromatic heterocycles. The molecule has 152 valence electrons. The van der Waals surface area contributed by atoms with Gasteiger partial charge in [0.25, 0.3) is 11.6 Å². The zero-order chi connectivity index (χ0) is 21.3. The fourth-order valence-electron chi connectivity index (χ4n) is 3.46. The molecule has 30 heavy (non-hydrogen) atoms. The lowest BCUT2D eigenvalue weighted by Crippen LogP contribution is -2.40. The normalized spacial score (nSPS) is 15.2. The van der Waals surface area contributed by atoms with Crippen LogP contribution in [0.3, 0.4) is 0 Å². The highest BCUT2D eigenvalue weighted by atomic mass is 16.6. The van der Waals surface area contributed by atoms with Crippen molar-refractivity contribution in [2.45, 2.75) is 19.4 Å². The molecule has 0 bridgehead atoms. The van der Waals surface area contributed by atoms with Crippen LogP contribution >= 0.6 is 0 Å². The molecule has 1 aliphatic rings. The summed E-state index contributed by atoms with van der Waals surface area (Å²) in [6.07, 6.45) is 1.59. The van der Waals surface area contributed by atoms with E-state index in [1.807, 2.05) is 31.2 Å². The van der Waals surface area contributed by atoms with Gasteiger partial charge in [-0.05, 0) is 31.2 Å². The summed E-state index contributed by atoms with van der Waals surface area (Å²) < 4.78 is 1.73. The van der Waals surface area contributed by atoms with Crippen LogP contribution in [-0.2, 0) is 4.79 Å². The second-order valence-electron chi connectivity index (χ2n) is 7.12. The maximum atomic E-state index is 12.6. The van der Waals surface area contributed by atoms with Crippen molar-refractivity contribution in [1.29, 1.82) is 0 Å². The molecule has 4 rings (SSSR count). The van der Waals surface area contributed by atoms with E-state index >= 15 is 0 Å². The number of hydrogen-bond donors (Lipinski definition) is 2. The first-order chi connectivity index (χ1) is 14.4. The van der Waals surface area contributed by atoms with Gasteiger partial charge in [-0.25, -0.2) is 4.98 Å². The highest BCUT2D eigenvalue weighted by Gasteiger charge is 2.30. The second-order valence-corrected chi connectivity index (χ2v) is 7.12. The van der Waals surface area contributed by atoms with E-state index in [9.17, 15) is 19.7 Å². The van der Waals surface area contributed by atoms with Crippen molar-refractivity contribution in [3.63, 3.8) is 0 Å². The molecular weight excluding hydrogens is 386 g/mol. The summed E-state index contributed by atoms with van der Waals surface area (Å²) >= 11 is 0. The first-order valence-corrected chi connectivity index (χ1v) is 9.39. The number of non-ortho nitro benzene ring substituents is 1. The standard InChI is InChI=1S/C21H19N5O4/c1-13-2-6-15(7-3-13)24-19(27)10-17-11-23-21(28)18-12-22-20(25(17)18)14-4-8-16(9-5-14)26(29)30/h2-9,12,17H,10-11H2,1H3,(H,23,28)(H,24,27). The largest absolute Gasteiger partial charge is 0.349 e. The molecule has 9 heteroatoms. The van der Waals surface area contributed by atoms with Crippen molar-refractivity contribution in [3.8, 4) is 11.4 Å². The van der Waals surface area contributed by atoms with Crippen LogP contribution < -0.4 is 10.6 Å². The predicted octanol–water partition coefficient (Wildman–Crippen LogP) is 3.08. The number of nitrogens with zero attached hydrogens (tertiary/aromatic N) is 3. The smallest absolute Gasteiger partial charge is 0.269 e. The van der Waals surface area contributed by atoms with Crippen LogP contribution in [0.2, 0.25) is 0 Å². The zero-order valence-corrected chi connectivity index (χ0v) is 16.2. The van der Waals surface area contributed by atoms with E-state index in [1.165, 1.54) is 18.3 Å². The molecule has 0 fully saturated rings. The molecule has 0 spiro atoms. The van der Waals surface area contributed by atoms with Crippen molar-refractivity contribution in [2.24, 2.45) is 0 Å². The van der Waals surface area contributed by atoms with Crippen molar-refractivity contribution >= 4 is 23.2 Å². The lowest BCUT2D eigenvalue weighted by molar-refractivity contribution is -0.384. The Kier molecular flexibility index (Phi) is 5.01. The summed E-state index contributed by atoms with van der Waals surface area (Å²) in [5.41, 5.74) is 2.75. The number of nitro groups is 1. The minimum absolute atomic E-state index is 0.0315. The Morgan fingerprint density at radius 2 is 1.93 bits per heavy atom. The van der Waals surface area contributed by atoms with Gasteiger partial charge in [-0.1, -0.05) is 17.7 Å². The van der Waals surface area contributed by atoms with Crippen molar-refractivity contribution in [1.82, 2.24) is 14.9 Å². The van der Waals surface area contributed by atoms with Crippen molar-refractivity contribution < 1.29 is 14.5 Å². The molecule has 1 aliphatic heterocycles. The number of benzene rings is 2. The van der Waals surface area contributed by atoms with Gasteiger partial charge in [0.2, 0.25) is 5.91 Å². The van der Waals surface area contributed by atoms with Gasteiger partial charge < -0.3 is 15.2 Å². The van der Waals surface area contributed by atoms with Gasteiger partial charge in [0, 0.05) is 36.3 Å². The highest BCUT2D eigenvalue weighted by Crippen LogP contribution is 2.29. The Balaban J connectivity index is 1.60. The molecular formula is C21H19N5O4. The van der Waals surface area contributed by atoms with Gasteiger partial charge >= 0.3 is 0 Å². The van der Waals surface area contributed by atoms with E-state index in [2.05, 4.69) is 15.6 Å². The Hall–Kier alpha value is -4.01. The number of rotatable bonds is 5. The molecule has 2 amide bonds. The average Bonchev–Trinajstić information content (AvgIpc) is 3.18. The highest BCUT2D eigenvalue weighted by molar-refractivity contribution is 5.95. The number of aromatic nitrogens is 2. The summed E-state index contributed by atoms with van der Waals surface area (Å²) in [6, 6.07) is 13.1. The fraction of sp³-hybridized carbons (Fsp3) is 0.190. The molecule has 1 atom stereocenters. The van der Waals surface area contributed by atoms with Gasteiger partial charge in [-0.3, -0.25) is 19.7 Å². The predicted molar refractivity (Wildman–Crippen MR) is 110 cm³/mol. The van der Waals surface area contributed by atoms with E-state index in [0.29, 0.717) is 22.8 Å². The third-order valence-corrected chi connectivity index (χ3v) is 4.99. The maximum Gasteiger partial charge on any atom is 0.269 e. The van der Waals surface area contributed by atoms with E-state index in [-0.39, 0.29) is 36.5 Å². The second kappa shape index (κ2) is 7.78. The van der Waals surface area contributed by atoms with Crippen molar-refractivity contribution in [2.75, 3.05) is 11.9 Å². The Morgan fingerprint density at radius 1 is 1.23 bits per heavy atom. The van der Waals surface area contributed by atoms with Crippen LogP contribution in [0.4, 0.5) is 11.4 Å². The zero-order valence-electron chi connectivity index (χ0n) is 16.2. The third kappa shape index (κ3) is 3.77. The van der Waals surface area contributed by atoms with Crippen LogP contribution in [0.5, 0.6) is 0 Å².